The van der Waals surface area contributed by atoms with Crippen molar-refractivity contribution in [1.82, 2.24) is 9.47 Å². The van der Waals surface area contributed by atoms with E-state index in [9.17, 15) is 9.59 Å². The van der Waals surface area contributed by atoms with Crippen molar-refractivity contribution in [2.75, 3.05) is 19.7 Å². The van der Waals surface area contributed by atoms with E-state index in [0.717, 1.165) is 35.1 Å². The minimum atomic E-state index is -0.268. The van der Waals surface area contributed by atoms with Crippen LogP contribution in [0, 0.1) is 5.92 Å². The number of hydrogen-bond donors (Lipinski definition) is 0. The van der Waals surface area contributed by atoms with E-state index in [1.54, 1.807) is 11.8 Å². The van der Waals surface area contributed by atoms with Gasteiger partial charge in [0.25, 0.3) is 5.91 Å². The zero-order chi connectivity index (χ0) is 23.9. The molecule has 6 heteroatoms. The Hall–Kier alpha value is -3.54. The number of esters is 1. The molecule has 1 atom stereocenters. The van der Waals surface area contributed by atoms with Crippen molar-refractivity contribution in [3.63, 3.8) is 0 Å². The maximum Gasteiger partial charge on any atom is 0.310 e. The quantitative estimate of drug-likeness (QED) is 0.342. The predicted molar refractivity (Wildman–Crippen MR) is 133 cm³/mol. The van der Waals surface area contributed by atoms with Crippen LogP contribution >= 0.6 is 0 Å². The highest BCUT2D eigenvalue weighted by atomic mass is 16.5. The average Bonchev–Trinajstić information content (AvgIpc) is 3.25. The molecule has 3 aromatic rings. The number of benzene rings is 2. The summed E-state index contributed by atoms with van der Waals surface area (Å²) in [6.45, 7) is 6.19. The van der Waals surface area contributed by atoms with Crippen molar-refractivity contribution in [2.45, 2.75) is 39.8 Å². The normalized spacial score (nSPS) is 16.2. The molecular weight excluding hydrogens is 428 g/mol. The summed E-state index contributed by atoms with van der Waals surface area (Å²) >= 11 is 0. The lowest BCUT2D eigenvalue weighted by Crippen LogP contribution is -2.43. The molecule has 6 nitrogen and oxygen atoms in total. The fourth-order valence-corrected chi connectivity index (χ4v) is 4.48. The van der Waals surface area contributed by atoms with E-state index in [1.807, 2.05) is 78.2 Å². The average molecular weight is 461 g/mol. The van der Waals surface area contributed by atoms with Crippen LogP contribution in [-0.4, -0.2) is 41.0 Å². The van der Waals surface area contributed by atoms with Gasteiger partial charge in [-0.1, -0.05) is 48.6 Å². The van der Waals surface area contributed by atoms with Crippen LogP contribution in [0.25, 0.3) is 10.9 Å². The monoisotopic (exact) mass is 460 g/mol. The van der Waals surface area contributed by atoms with E-state index in [1.165, 1.54) is 0 Å². The lowest BCUT2D eigenvalue weighted by molar-refractivity contribution is -0.149. The summed E-state index contributed by atoms with van der Waals surface area (Å²) in [5, 5.41) is 0.908. The molecule has 4 rings (SSSR count). The molecule has 0 radical (unpaired) electrons. The number of likely N-dealkylation sites (tertiary alicyclic amines) is 1. The fraction of sp³-hybridized carbons (Fsp3) is 0.357. The minimum Gasteiger partial charge on any atom is -0.488 e. The van der Waals surface area contributed by atoms with Crippen LogP contribution in [0.4, 0.5) is 0 Å². The van der Waals surface area contributed by atoms with Gasteiger partial charge < -0.3 is 18.9 Å². The van der Waals surface area contributed by atoms with E-state index in [-0.39, 0.29) is 17.8 Å². The van der Waals surface area contributed by atoms with Crippen LogP contribution < -0.4 is 4.74 Å². The second-order valence-electron chi connectivity index (χ2n) is 8.51. The zero-order valence-electron chi connectivity index (χ0n) is 19.9. The predicted octanol–water partition coefficient (Wildman–Crippen LogP) is 5.21. The van der Waals surface area contributed by atoms with E-state index >= 15 is 0 Å². The highest BCUT2D eigenvalue weighted by Gasteiger charge is 2.31. The molecule has 1 aliphatic heterocycles. The second-order valence-corrected chi connectivity index (χ2v) is 8.51. The van der Waals surface area contributed by atoms with Gasteiger partial charge in [-0.15, -0.1) is 0 Å². The summed E-state index contributed by atoms with van der Waals surface area (Å²) in [5.41, 5.74) is 2.64. The van der Waals surface area contributed by atoms with Gasteiger partial charge in [-0.2, -0.15) is 0 Å². The number of hydrogen-bond acceptors (Lipinski definition) is 4. The molecule has 1 fully saturated rings. The third kappa shape index (κ3) is 5.16. The topological polar surface area (TPSA) is 60.8 Å². The summed E-state index contributed by atoms with van der Waals surface area (Å²) in [6, 6.07) is 17.9. The number of amides is 1. The van der Waals surface area contributed by atoms with Gasteiger partial charge >= 0.3 is 5.97 Å². The number of rotatable bonds is 8. The summed E-state index contributed by atoms with van der Waals surface area (Å²) in [5.74, 6) is 0.197. The number of fused-ring (bicyclic) bond motifs is 1. The summed E-state index contributed by atoms with van der Waals surface area (Å²) < 4.78 is 13.4. The Morgan fingerprint density at radius 2 is 1.94 bits per heavy atom. The maximum absolute atomic E-state index is 13.7. The summed E-state index contributed by atoms with van der Waals surface area (Å²) in [4.78, 5) is 27.7. The molecule has 0 bridgehead atoms. The molecule has 178 valence electrons. The molecule has 34 heavy (non-hydrogen) atoms. The van der Waals surface area contributed by atoms with Gasteiger partial charge in [0.1, 0.15) is 18.1 Å². The molecule has 1 amide bonds. The molecule has 1 aromatic heterocycles. The molecule has 0 saturated carbocycles. The Morgan fingerprint density at radius 3 is 2.71 bits per heavy atom. The first-order valence-corrected chi connectivity index (χ1v) is 12.0. The third-order valence-corrected chi connectivity index (χ3v) is 6.21. The smallest absolute Gasteiger partial charge is 0.310 e. The van der Waals surface area contributed by atoms with Crippen LogP contribution in [0.1, 0.15) is 42.7 Å². The van der Waals surface area contributed by atoms with Crippen molar-refractivity contribution >= 4 is 22.8 Å². The van der Waals surface area contributed by atoms with Crippen molar-refractivity contribution in [3.05, 3.63) is 78.0 Å². The van der Waals surface area contributed by atoms with Gasteiger partial charge in [0.05, 0.1) is 18.0 Å². The number of aromatic nitrogens is 1. The van der Waals surface area contributed by atoms with Crippen LogP contribution in [0.2, 0.25) is 0 Å². The number of carbonyl (C=O) groups is 2. The van der Waals surface area contributed by atoms with Gasteiger partial charge in [0.15, 0.2) is 0 Å². The van der Waals surface area contributed by atoms with Gasteiger partial charge in [0, 0.05) is 25.0 Å². The highest BCUT2D eigenvalue weighted by molar-refractivity contribution is 6.00. The Labute approximate surface area is 200 Å². The molecule has 1 aliphatic rings. The third-order valence-electron chi connectivity index (χ3n) is 6.21. The van der Waals surface area contributed by atoms with E-state index < -0.39 is 0 Å². The van der Waals surface area contributed by atoms with E-state index in [2.05, 4.69) is 0 Å². The number of carbonyl (C=O) groups excluding carboxylic acids is 2. The molecule has 2 heterocycles. The van der Waals surface area contributed by atoms with Crippen molar-refractivity contribution < 1.29 is 19.1 Å². The van der Waals surface area contributed by atoms with Crippen LogP contribution in [0.15, 0.2) is 66.7 Å². The largest absolute Gasteiger partial charge is 0.488 e. The molecule has 0 N–H and O–H groups in total. The first kappa shape index (κ1) is 23.6. The summed E-state index contributed by atoms with van der Waals surface area (Å²) in [6.07, 6.45) is 5.55. The Morgan fingerprint density at radius 1 is 1.12 bits per heavy atom. The molecule has 0 aliphatic carbocycles. The summed E-state index contributed by atoms with van der Waals surface area (Å²) in [7, 11) is 0. The molecule has 0 unspecified atom stereocenters. The second kappa shape index (κ2) is 11.1. The SMILES string of the molecule is C/C=C\Cn1c(C(=O)N2CCC[C@H](C(=O)OCC)C2)cc2c(OCc3ccccc3)cccc21. The van der Waals surface area contributed by atoms with Crippen LogP contribution in [0.5, 0.6) is 5.75 Å². The van der Waals surface area contributed by atoms with Gasteiger partial charge in [-0.25, -0.2) is 0 Å². The number of ether oxygens (including phenoxy) is 2. The van der Waals surface area contributed by atoms with E-state index in [4.69, 9.17) is 9.47 Å². The first-order valence-electron chi connectivity index (χ1n) is 12.0. The standard InChI is InChI=1S/C28H32N2O4/c1-3-5-17-30-24-14-9-15-26(34-20-21-11-7-6-8-12-21)23(24)18-25(30)27(31)29-16-10-13-22(19-29)28(32)33-4-2/h3,5-9,11-12,14-15,18,22H,4,10,13,16-17,19-20H2,1-2H3/b5-3-/t22-/m0/s1. The molecule has 2 aromatic carbocycles. The van der Waals surface area contributed by atoms with Gasteiger partial charge in [-0.3, -0.25) is 9.59 Å². The lowest BCUT2D eigenvalue weighted by atomic mass is 9.98. The Balaban J connectivity index is 1.64. The lowest BCUT2D eigenvalue weighted by Gasteiger charge is -2.31. The maximum atomic E-state index is 13.7. The number of piperidine rings is 1. The fourth-order valence-electron chi connectivity index (χ4n) is 4.48. The zero-order valence-corrected chi connectivity index (χ0v) is 19.9. The number of nitrogens with zero attached hydrogens (tertiary/aromatic N) is 2. The van der Waals surface area contributed by atoms with Crippen LogP contribution in [-0.2, 0) is 22.7 Å². The Kier molecular flexibility index (Phi) is 7.68. The number of allylic oxidation sites excluding steroid dienone is 2. The van der Waals surface area contributed by atoms with Gasteiger partial charge in [-0.05, 0) is 50.5 Å². The highest BCUT2D eigenvalue weighted by Crippen LogP contribution is 2.31. The van der Waals surface area contributed by atoms with Crippen molar-refractivity contribution in [1.29, 1.82) is 0 Å². The first-order chi connectivity index (χ1) is 16.6. The van der Waals surface area contributed by atoms with E-state index in [0.29, 0.717) is 38.5 Å². The van der Waals surface area contributed by atoms with Gasteiger partial charge in [0.2, 0.25) is 0 Å². The van der Waals surface area contributed by atoms with Crippen molar-refractivity contribution in [3.8, 4) is 5.75 Å². The molecular formula is C28H32N2O4. The van der Waals surface area contributed by atoms with Crippen LogP contribution in [0.3, 0.4) is 0 Å². The molecule has 1 saturated heterocycles. The molecule has 0 spiro atoms. The minimum absolute atomic E-state index is 0.0660. The van der Waals surface area contributed by atoms with Crippen molar-refractivity contribution in [2.24, 2.45) is 5.92 Å². The Bertz CT molecular complexity index is 1170.